The third-order valence-electron chi connectivity index (χ3n) is 1.94. The summed E-state index contributed by atoms with van der Waals surface area (Å²) in [5.74, 6) is 1.22. The van der Waals surface area contributed by atoms with E-state index in [2.05, 4.69) is 32.8 Å². The summed E-state index contributed by atoms with van der Waals surface area (Å²) in [4.78, 5) is 0. The van der Waals surface area contributed by atoms with E-state index in [-0.39, 0.29) is 0 Å². The first-order valence-corrected chi connectivity index (χ1v) is 5.59. The fourth-order valence-corrected chi connectivity index (χ4v) is 1.67. The molecule has 80 valence electrons. The Bertz CT molecular complexity index is 289. The van der Waals surface area contributed by atoms with Crippen molar-refractivity contribution in [2.45, 2.75) is 40.7 Å². The van der Waals surface area contributed by atoms with Gasteiger partial charge in [-0.05, 0) is 24.3 Å². The minimum atomic E-state index is 0.583. The van der Waals surface area contributed by atoms with Crippen LogP contribution in [0.5, 0.6) is 0 Å². The fraction of sp³-hybridized carbons (Fsp3) is 0.727. The maximum absolute atomic E-state index is 6.07. The molecule has 0 saturated heterocycles. The van der Waals surface area contributed by atoms with Gasteiger partial charge in [-0.1, -0.05) is 39.3 Å². The van der Waals surface area contributed by atoms with Gasteiger partial charge in [0.15, 0.2) is 0 Å². The van der Waals surface area contributed by atoms with Gasteiger partial charge < -0.3 is 0 Å². The number of rotatable bonds is 4. The maximum atomic E-state index is 6.07. The van der Waals surface area contributed by atoms with Crippen molar-refractivity contribution in [3.63, 3.8) is 0 Å². The molecule has 0 amide bonds. The highest BCUT2D eigenvalue weighted by Gasteiger charge is 2.08. The van der Waals surface area contributed by atoms with Crippen molar-refractivity contribution in [1.29, 1.82) is 0 Å². The molecular weight excluding hydrogens is 196 g/mol. The Balaban J connectivity index is 2.72. The van der Waals surface area contributed by atoms with Crippen LogP contribution in [0, 0.1) is 11.8 Å². The summed E-state index contributed by atoms with van der Waals surface area (Å²) < 4.78 is 1.89. The summed E-state index contributed by atoms with van der Waals surface area (Å²) >= 11 is 6.07. The van der Waals surface area contributed by atoms with E-state index in [1.165, 1.54) is 0 Å². The minimum Gasteiger partial charge on any atom is -0.254 e. The van der Waals surface area contributed by atoms with Gasteiger partial charge in [0.05, 0.1) is 5.69 Å². The monoisotopic (exact) mass is 214 g/mol. The van der Waals surface area contributed by atoms with E-state index in [4.69, 9.17) is 11.6 Å². The van der Waals surface area contributed by atoms with Gasteiger partial charge in [0, 0.05) is 6.54 Å². The molecule has 14 heavy (non-hydrogen) atoms. The molecule has 0 bridgehead atoms. The van der Waals surface area contributed by atoms with Crippen molar-refractivity contribution in [1.82, 2.24) is 9.78 Å². The summed E-state index contributed by atoms with van der Waals surface area (Å²) in [6, 6.07) is 1.98. The maximum Gasteiger partial charge on any atom is 0.127 e. The van der Waals surface area contributed by atoms with Crippen molar-refractivity contribution >= 4 is 11.6 Å². The third kappa shape index (κ3) is 3.33. The largest absolute Gasteiger partial charge is 0.254 e. The van der Waals surface area contributed by atoms with Crippen molar-refractivity contribution in [2.75, 3.05) is 0 Å². The molecule has 1 aromatic heterocycles. The molecule has 0 unspecified atom stereocenters. The van der Waals surface area contributed by atoms with Crippen LogP contribution in [0.3, 0.4) is 0 Å². The normalized spacial score (nSPS) is 11.6. The summed E-state index contributed by atoms with van der Waals surface area (Å²) in [5, 5.41) is 5.23. The summed E-state index contributed by atoms with van der Waals surface area (Å²) in [7, 11) is 0. The summed E-state index contributed by atoms with van der Waals surface area (Å²) in [5.41, 5.74) is 1.10. The lowest BCUT2D eigenvalue weighted by atomic mass is 10.1. The van der Waals surface area contributed by atoms with E-state index in [1.54, 1.807) is 0 Å². The van der Waals surface area contributed by atoms with Gasteiger partial charge in [-0.3, -0.25) is 4.68 Å². The molecule has 0 aromatic carbocycles. The number of hydrogen-bond donors (Lipinski definition) is 0. The van der Waals surface area contributed by atoms with E-state index in [1.807, 2.05) is 10.7 Å². The zero-order valence-electron chi connectivity index (χ0n) is 9.42. The summed E-state index contributed by atoms with van der Waals surface area (Å²) in [6.45, 7) is 9.61. The van der Waals surface area contributed by atoms with Crippen LogP contribution in [-0.2, 0) is 13.0 Å². The van der Waals surface area contributed by atoms with Gasteiger partial charge in [-0.2, -0.15) is 5.10 Å². The Morgan fingerprint density at radius 2 is 1.93 bits per heavy atom. The molecule has 0 aliphatic carbocycles. The van der Waals surface area contributed by atoms with Gasteiger partial charge in [0.1, 0.15) is 5.15 Å². The second-order valence-electron chi connectivity index (χ2n) is 4.63. The van der Waals surface area contributed by atoms with Crippen molar-refractivity contribution in [3.8, 4) is 0 Å². The molecule has 0 spiro atoms. The molecule has 0 aliphatic rings. The first-order valence-electron chi connectivity index (χ1n) is 5.21. The van der Waals surface area contributed by atoms with Crippen molar-refractivity contribution in [3.05, 3.63) is 16.9 Å². The van der Waals surface area contributed by atoms with Crippen LogP contribution in [0.4, 0.5) is 0 Å². The van der Waals surface area contributed by atoms with E-state index >= 15 is 0 Å². The predicted molar refractivity (Wildman–Crippen MR) is 60.6 cm³/mol. The average molecular weight is 215 g/mol. The number of aromatic nitrogens is 2. The van der Waals surface area contributed by atoms with E-state index < -0.39 is 0 Å². The topological polar surface area (TPSA) is 17.8 Å². The molecule has 1 aromatic rings. The van der Waals surface area contributed by atoms with Crippen LogP contribution in [0.25, 0.3) is 0 Å². The molecule has 0 saturated carbocycles. The molecule has 0 radical (unpaired) electrons. The molecule has 0 N–H and O–H groups in total. The van der Waals surface area contributed by atoms with Crippen LogP contribution < -0.4 is 0 Å². The number of hydrogen-bond acceptors (Lipinski definition) is 1. The van der Waals surface area contributed by atoms with Gasteiger partial charge in [-0.15, -0.1) is 0 Å². The zero-order valence-corrected chi connectivity index (χ0v) is 10.2. The Morgan fingerprint density at radius 1 is 1.29 bits per heavy atom. The molecule has 2 nitrogen and oxygen atoms in total. The molecule has 0 fully saturated rings. The van der Waals surface area contributed by atoms with Gasteiger partial charge in [0.2, 0.25) is 0 Å². The minimum absolute atomic E-state index is 0.583. The van der Waals surface area contributed by atoms with Gasteiger partial charge >= 0.3 is 0 Å². The van der Waals surface area contributed by atoms with Crippen molar-refractivity contribution in [2.24, 2.45) is 11.8 Å². The smallest absolute Gasteiger partial charge is 0.127 e. The molecule has 1 heterocycles. The van der Waals surface area contributed by atoms with E-state index in [0.717, 1.165) is 23.8 Å². The molecule has 0 aliphatic heterocycles. The molecular formula is C11H19ClN2. The second-order valence-corrected chi connectivity index (χ2v) is 5.02. The highest BCUT2D eigenvalue weighted by molar-refractivity contribution is 6.29. The Hall–Kier alpha value is -0.500. The van der Waals surface area contributed by atoms with Crippen LogP contribution >= 0.6 is 11.6 Å². The number of halogens is 1. The van der Waals surface area contributed by atoms with Gasteiger partial charge in [-0.25, -0.2) is 0 Å². The zero-order chi connectivity index (χ0) is 10.7. The molecule has 3 heteroatoms. The SMILES string of the molecule is CC(C)Cc1cc(Cl)n(CC(C)C)n1. The summed E-state index contributed by atoms with van der Waals surface area (Å²) in [6.07, 6.45) is 1.00. The predicted octanol–water partition coefficient (Wildman–Crippen LogP) is 3.39. The van der Waals surface area contributed by atoms with E-state index in [9.17, 15) is 0 Å². The first-order chi connectivity index (χ1) is 6.49. The fourth-order valence-electron chi connectivity index (χ4n) is 1.44. The second kappa shape index (κ2) is 4.83. The Labute approximate surface area is 91.3 Å². The van der Waals surface area contributed by atoms with Crippen LogP contribution in [0.2, 0.25) is 5.15 Å². The molecule has 1 rings (SSSR count). The van der Waals surface area contributed by atoms with E-state index in [0.29, 0.717) is 11.8 Å². The lowest BCUT2D eigenvalue weighted by molar-refractivity contribution is 0.477. The average Bonchev–Trinajstić information content (AvgIpc) is 2.28. The first kappa shape index (κ1) is 11.6. The molecule has 0 atom stereocenters. The highest BCUT2D eigenvalue weighted by atomic mass is 35.5. The highest BCUT2D eigenvalue weighted by Crippen LogP contribution is 2.15. The Kier molecular flexibility index (Phi) is 3.99. The van der Waals surface area contributed by atoms with Crippen LogP contribution in [-0.4, -0.2) is 9.78 Å². The lowest BCUT2D eigenvalue weighted by Gasteiger charge is -2.05. The quantitative estimate of drug-likeness (QED) is 0.752. The van der Waals surface area contributed by atoms with Gasteiger partial charge in [0.25, 0.3) is 0 Å². The number of nitrogens with zero attached hydrogens (tertiary/aromatic N) is 2. The third-order valence-corrected chi connectivity index (χ3v) is 2.24. The van der Waals surface area contributed by atoms with Crippen LogP contribution in [0.1, 0.15) is 33.4 Å². The van der Waals surface area contributed by atoms with Crippen LogP contribution in [0.15, 0.2) is 6.07 Å². The van der Waals surface area contributed by atoms with Crippen molar-refractivity contribution < 1.29 is 0 Å². The lowest BCUT2D eigenvalue weighted by Crippen LogP contribution is -2.07. The Morgan fingerprint density at radius 3 is 2.43 bits per heavy atom. The standard InChI is InChI=1S/C11H19ClN2/c1-8(2)5-10-6-11(12)14(13-10)7-9(3)4/h6,8-9H,5,7H2,1-4H3.